The van der Waals surface area contributed by atoms with Crippen LogP contribution in [0.25, 0.3) is 16.7 Å². The Balaban J connectivity index is 1.43. The molecule has 0 fully saturated rings. The molecule has 31 heavy (non-hydrogen) atoms. The van der Waals surface area contributed by atoms with E-state index in [1.807, 2.05) is 66.1 Å². The summed E-state index contributed by atoms with van der Waals surface area (Å²) in [5, 5.41) is 2.93. The Hall–Kier alpha value is -4.13. The Morgan fingerprint density at radius 3 is 2.68 bits per heavy atom. The van der Waals surface area contributed by atoms with Crippen molar-refractivity contribution in [2.24, 2.45) is 0 Å². The van der Waals surface area contributed by atoms with Crippen LogP contribution in [0.1, 0.15) is 34.8 Å². The number of hydrogen-bond donors (Lipinski definition) is 1. The molecule has 0 saturated carbocycles. The standard InChI is InChI=1S/C24H20N4O3/c1-16(17-7-3-2-4-8-17)26-23(29)21-12-11-18(31-21)15-28-22-19(9-5-13-25-22)27-14-6-10-20(27)24(28)30/h2-14,16H,15H2,1H3,(H,26,29). The molecular weight excluding hydrogens is 392 g/mol. The number of nitrogens with zero attached hydrogens (tertiary/aromatic N) is 3. The number of furan rings is 1. The first-order valence-electron chi connectivity index (χ1n) is 10.0. The summed E-state index contributed by atoms with van der Waals surface area (Å²) < 4.78 is 9.17. The van der Waals surface area contributed by atoms with E-state index in [-0.39, 0.29) is 29.8 Å². The molecule has 5 rings (SSSR count). The zero-order valence-electron chi connectivity index (χ0n) is 16.9. The van der Waals surface area contributed by atoms with E-state index in [0.717, 1.165) is 11.1 Å². The van der Waals surface area contributed by atoms with Crippen molar-refractivity contribution >= 4 is 22.6 Å². The second-order valence-electron chi connectivity index (χ2n) is 7.37. The normalized spacial score (nSPS) is 12.3. The van der Waals surface area contributed by atoms with Gasteiger partial charge in [0.25, 0.3) is 11.5 Å². The highest BCUT2D eigenvalue weighted by Crippen LogP contribution is 2.17. The number of amides is 1. The fraction of sp³-hybridized carbons (Fsp3) is 0.125. The van der Waals surface area contributed by atoms with Crippen molar-refractivity contribution in [2.45, 2.75) is 19.5 Å². The van der Waals surface area contributed by atoms with E-state index < -0.39 is 0 Å². The predicted molar refractivity (Wildman–Crippen MR) is 117 cm³/mol. The highest BCUT2D eigenvalue weighted by Gasteiger charge is 2.17. The molecular formula is C24H20N4O3. The molecule has 1 N–H and O–H groups in total. The Morgan fingerprint density at radius 1 is 1.03 bits per heavy atom. The molecule has 7 nitrogen and oxygen atoms in total. The molecule has 1 atom stereocenters. The molecule has 1 unspecified atom stereocenters. The number of benzene rings is 1. The van der Waals surface area contributed by atoms with E-state index in [1.165, 1.54) is 0 Å². The van der Waals surface area contributed by atoms with E-state index in [9.17, 15) is 9.59 Å². The number of nitrogens with one attached hydrogen (secondary N) is 1. The fourth-order valence-corrected chi connectivity index (χ4v) is 3.76. The maximum Gasteiger partial charge on any atom is 0.287 e. The molecule has 0 aliphatic rings. The third-order valence-electron chi connectivity index (χ3n) is 5.34. The van der Waals surface area contributed by atoms with Gasteiger partial charge in [-0.3, -0.25) is 14.2 Å². The second kappa shape index (κ2) is 7.60. The van der Waals surface area contributed by atoms with Crippen molar-refractivity contribution in [3.63, 3.8) is 0 Å². The lowest BCUT2D eigenvalue weighted by molar-refractivity contribution is 0.0910. The molecule has 1 amide bonds. The summed E-state index contributed by atoms with van der Waals surface area (Å²) in [5.41, 5.74) is 2.77. The van der Waals surface area contributed by atoms with Crippen molar-refractivity contribution in [1.29, 1.82) is 0 Å². The number of rotatable bonds is 5. The van der Waals surface area contributed by atoms with Crippen LogP contribution in [0, 0.1) is 0 Å². The van der Waals surface area contributed by atoms with Gasteiger partial charge in [0.2, 0.25) is 0 Å². The highest BCUT2D eigenvalue weighted by molar-refractivity contribution is 5.91. The van der Waals surface area contributed by atoms with E-state index in [4.69, 9.17) is 4.42 Å². The summed E-state index contributed by atoms with van der Waals surface area (Å²) in [6.07, 6.45) is 3.49. The zero-order chi connectivity index (χ0) is 21.4. The summed E-state index contributed by atoms with van der Waals surface area (Å²) >= 11 is 0. The lowest BCUT2D eigenvalue weighted by Crippen LogP contribution is -2.26. The SMILES string of the molecule is CC(NC(=O)c1ccc(Cn2c(=O)c3cccn3c3cccnc32)o1)c1ccccc1. The minimum absolute atomic E-state index is 0.158. The lowest BCUT2D eigenvalue weighted by atomic mass is 10.1. The van der Waals surface area contributed by atoms with E-state index >= 15 is 0 Å². The van der Waals surface area contributed by atoms with Gasteiger partial charge in [-0.2, -0.15) is 0 Å². The van der Waals surface area contributed by atoms with Gasteiger partial charge in [-0.05, 0) is 48.9 Å². The van der Waals surface area contributed by atoms with Crippen LogP contribution in [0.2, 0.25) is 0 Å². The Kier molecular flexibility index (Phi) is 4.63. The van der Waals surface area contributed by atoms with E-state index in [0.29, 0.717) is 16.9 Å². The molecule has 0 spiro atoms. The van der Waals surface area contributed by atoms with Crippen LogP contribution in [0.15, 0.2) is 88.3 Å². The van der Waals surface area contributed by atoms with Gasteiger partial charge >= 0.3 is 0 Å². The third kappa shape index (κ3) is 3.40. The Bertz CT molecular complexity index is 1450. The van der Waals surface area contributed by atoms with Crippen molar-refractivity contribution in [1.82, 2.24) is 19.3 Å². The zero-order valence-corrected chi connectivity index (χ0v) is 16.9. The molecule has 4 heterocycles. The average Bonchev–Trinajstić information content (AvgIpc) is 3.47. The van der Waals surface area contributed by atoms with Crippen molar-refractivity contribution in [3.8, 4) is 0 Å². The number of hydrogen-bond acceptors (Lipinski definition) is 4. The topological polar surface area (TPSA) is 81.5 Å². The minimum atomic E-state index is -0.306. The first-order chi connectivity index (χ1) is 15.1. The monoisotopic (exact) mass is 412 g/mol. The summed E-state index contributed by atoms with van der Waals surface area (Å²) in [6.45, 7) is 2.09. The lowest BCUT2D eigenvalue weighted by Gasteiger charge is -2.13. The van der Waals surface area contributed by atoms with Gasteiger partial charge in [-0.1, -0.05) is 30.3 Å². The fourth-order valence-electron chi connectivity index (χ4n) is 3.76. The van der Waals surface area contributed by atoms with Gasteiger partial charge in [0.05, 0.1) is 18.1 Å². The number of pyridine rings is 1. The van der Waals surface area contributed by atoms with Crippen LogP contribution in [-0.2, 0) is 6.54 Å². The number of fused-ring (bicyclic) bond motifs is 3. The molecule has 0 aliphatic heterocycles. The van der Waals surface area contributed by atoms with Crippen LogP contribution in [0.3, 0.4) is 0 Å². The third-order valence-corrected chi connectivity index (χ3v) is 5.34. The molecule has 5 aromatic rings. The molecule has 154 valence electrons. The molecule has 0 saturated heterocycles. The second-order valence-corrected chi connectivity index (χ2v) is 7.37. The van der Waals surface area contributed by atoms with Gasteiger partial charge in [-0.25, -0.2) is 4.98 Å². The minimum Gasteiger partial charge on any atom is -0.454 e. The van der Waals surface area contributed by atoms with Crippen LogP contribution < -0.4 is 10.9 Å². The van der Waals surface area contributed by atoms with Crippen molar-refractivity contribution in [3.05, 3.63) is 107 Å². The molecule has 0 radical (unpaired) electrons. The number of carbonyl (C=O) groups excluding carboxylic acids is 1. The van der Waals surface area contributed by atoms with Crippen molar-refractivity contribution < 1.29 is 9.21 Å². The van der Waals surface area contributed by atoms with Gasteiger partial charge in [-0.15, -0.1) is 0 Å². The summed E-state index contributed by atoms with van der Waals surface area (Å²) in [4.78, 5) is 30.1. The van der Waals surface area contributed by atoms with E-state index in [2.05, 4.69) is 10.3 Å². The maximum atomic E-state index is 13.0. The highest BCUT2D eigenvalue weighted by atomic mass is 16.4. The van der Waals surface area contributed by atoms with Crippen LogP contribution in [0.4, 0.5) is 0 Å². The summed E-state index contributed by atoms with van der Waals surface area (Å²) in [7, 11) is 0. The molecule has 0 aliphatic carbocycles. The molecule has 7 heteroatoms. The Labute approximate surface area is 177 Å². The van der Waals surface area contributed by atoms with Gasteiger partial charge in [0, 0.05) is 12.4 Å². The molecule has 0 bridgehead atoms. The first kappa shape index (κ1) is 18.9. The van der Waals surface area contributed by atoms with Crippen molar-refractivity contribution in [2.75, 3.05) is 0 Å². The molecule has 4 aromatic heterocycles. The number of aromatic nitrogens is 3. The van der Waals surface area contributed by atoms with Crippen LogP contribution in [0.5, 0.6) is 0 Å². The first-order valence-corrected chi connectivity index (χ1v) is 10.0. The van der Waals surface area contributed by atoms with Crippen LogP contribution in [-0.4, -0.2) is 19.9 Å². The predicted octanol–water partition coefficient (Wildman–Crippen LogP) is 3.78. The van der Waals surface area contributed by atoms with Gasteiger partial charge in [0.15, 0.2) is 11.4 Å². The number of carbonyl (C=O) groups is 1. The average molecular weight is 412 g/mol. The van der Waals surface area contributed by atoms with E-state index in [1.54, 1.807) is 29.0 Å². The van der Waals surface area contributed by atoms with Gasteiger partial charge in [0.1, 0.15) is 11.3 Å². The quantitative estimate of drug-likeness (QED) is 0.476. The summed E-state index contributed by atoms with van der Waals surface area (Å²) in [6, 6.07) is 20.2. The largest absolute Gasteiger partial charge is 0.454 e. The maximum absolute atomic E-state index is 13.0. The molecule has 1 aromatic carbocycles. The Morgan fingerprint density at radius 2 is 1.84 bits per heavy atom. The van der Waals surface area contributed by atoms with Crippen LogP contribution >= 0.6 is 0 Å². The van der Waals surface area contributed by atoms with Gasteiger partial charge < -0.3 is 14.1 Å². The smallest absolute Gasteiger partial charge is 0.287 e. The summed E-state index contributed by atoms with van der Waals surface area (Å²) in [5.74, 6) is 0.398.